The maximum absolute atomic E-state index is 2.40. The Kier molecular flexibility index (Phi) is 5.88. The number of para-hydroxylation sites is 2. The van der Waals surface area contributed by atoms with Crippen LogP contribution in [-0.2, 0) is 0 Å². The number of rotatable bonds is 4. The van der Waals surface area contributed by atoms with E-state index in [1.807, 2.05) is 0 Å². The van der Waals surface area contributed by atoms with Gasteiger partial charge in [-0.15, -0.1) is 0 Å². The smallest absolute Gasteiger partial charge is 0.0540 e. The van der Waals surface area contributed by atoms with Gasteiger partial charge in [-0.3, -0.25) is 0 Å². The van der Waals surface area contributed by atoms with Crippen LogP contribution in [0, 0.1) is 0 Å². The average Bonchev–Trinajstić information content (AvgIpc) is 3.14. The summed E-state index contributed by atoms with van der Waals surface area (Å²) >= 11 is 0. The van der Waals surface area contributed by atoms with Crippen molar-refractivity contribution < 1.29 is 0 Å². The van der Waals surface area contributed by atoms with Crippen LogP contribution in [0.1, 0.15) is 16.7 Å². The van der Waals surface area contributed by atoms with E-state index in [0.29, 0.717) is 0 Å². The largest absolute Gasteiger partial charge is 0.309 e. The molecule has 1 aliphatic rings. The van der Waals surface area contributed by atoms with Gasteiger partial charge in [-0.25, -0.2) is 0 Å². The van der Waals surface area contributed by atoms with Crippen LogP contribution in [0.4, 0.5) is 17.1 Å². The molecule has 0 N–H and O–H groups in total. The summed E-state index contributed by atoms with van der Waals surface area (Å²) in [7, 11) is 0. The molecule has 0 aromatic heterocycles. The third-order valence-corrected chi connectivity index (χ3v) is 7.43. The van der Waals surface area contributed by atoms with Gasteiger partial charge in [0.1, 0.15) is 0 Å². The molecule has 7 rings (SSSR count). The van der Waals surface area contributed by atoms with Crippen LogP contribution in [0.2, 0.25) is 0 Å². The lowest BCUT2D eigenvalue weighted by atomic mass is 9.95. The van der Waals surface area contributed by atoms with E-state index in [2.05, 4.69) is 169 Å². The first-order valence-corrected chi connectivity index (χ1v) is 13.4. The molecule has 1 heteroatoms. The summed E-state index contributed by atoms with van der Waals surface area (Å²) in [6.45, 7) is 0. The Balaban J connectivity index is 1.36. The van der Waals surface area contributed by atoms with Crippen LogP contribution >= 0.6 is 0 Å². The highest BCUT2D eigenvalue weighted by Crippen LogP contribution is 2.50. The molecule has 1 heterocycles. The van der Waals surface area contributed by atoms with Gasteiger partial charge in [-0.1, -0.05) is 133 Å². The minimum Gasteiger partial charge on any atom is -0.309 e. The first-order chi connectivity index (χ1) is 19.4. The third kappa shape index (κ3) is 4.24. The molecule has 0 saturated heterocycles. The van der Waals surface area contributed by atoms with Crippen LogP contribution in [0.5, 0.6) is 0 Å². The SMILES string of the molecule is C(=C(c1ccccc1)c1ccccc1)c1ccc(N2c3ccccc3-c3ccccc3-c3ccccc32)cc1. The maximum atomic E-state index is 2.40. The van der Waals surface area contributed by atoms with E-state index in [-0.39, 0.29) is 0 Å². The van der Waals surface area contributed by atoms with Crippen LogP contribution < -0.4 is 4.90 Å². The van der Waals surface area contributed by atoms with Crippen molar-refractivity contribution in [1.29, 1.82) is 0 Å². The standard InChI is InChI=1S/C38H27N/c1-3-13-29(14-4-1)36(30-15-5-2-6-16-30)27-28-23-25-31(26-24-28)39-37-21-11-9-19-34(37)32-17-7-8-18-33(32)35-20-10-12-22-38(35)39/h1-27H. The second-order valence-electron chi connectivity index (χ2n) is 9.80. The van der Waals surface area contributed by atoms with Gasteiger partial charge < -0.3 is 4.90 Å². The Morgan fingerprint density at radius 2 is 0.795 bits per heavy atom. The summed E-state index contributed by atoms with van der Waals surface area (Å²) in [4.78, 5) is 2.40. The molecule has 0 spiro atoms. The highest BCUT2D eigenvalue weighted by Gasteiger charge is 2.25. The van der Waals surface area contributed by atoms with Crippen LogP contribution in [0.25, 0.3) is 33.9 Å². The predicted molar refractivity (Wildman–Crippen MR) is 165 cm³/mol. The Bertz CT molecular complexity index is 1670. The molecule has 0 bridgehead atoms. The maximum Gasteiger partial charge on any atom is 0.0540 e. The van der Waals surface area contributed by atoms with Gasteiger partial charge in [-0.05, 0) is 63.7 Å². The normalized spacial score (nSPS) is 11.5. The minimum atomic E-state index is 1.14. The Hall–Kier alpha value is -5.14. The molecule has 1 nitrogen and oxygen atoms in total. The molecule has 0 aliphatic carbocycles. The molecule has 6 aromatic carbocycles. The van der Waals surface area contributed by atoms with E-state index in [1.54, 1.807) is 0 Å². The predicted octanol–water partition coefficient (Wildman–Crippen LogP) is 10.4. The Morgan fingerprint density at radius 3 is 1.28 bits per heavy atom. The van der Waals surface area contributed by atoms with Crippen molar-refractivity contribution in [1.82, 2.24) is 0 Å². The van der Waals surface area contributed by atoms with Gasteiger partial charge in [0.25, 0.3) is 0 Å². The van der Waals surface area contributed by atoms with Gasteiger partial charge in [-0.2, -0.15) is 0 Å². The first-order valence-electron chi connectivity index (χ1n) is 13.4. The molecule has 6 aromatic rings. The van der Waals surface area contributed by atoms with Crippen LogP contribution in [0.15, 0.2) is 158 Å². The highest BCUT2D eigenvalue weighted by molar-refractivity contribution is 6.02. The lowest BCUT2D eigenvalue weighted by Crippen LogP contribution is -2.10. The van der Waals surface area contributed by atoms with Crippen molar-refractivity contribution in [2.75, 3.05) is 4.90 Å². The molecule has 184 valence electrons. The van der Waals surface area contributed by atoms with Gasteiger partial charge in [0, 0.05) is 16.8 Å². The van der Waals surface area contributed by atoms with Crippen molar-refractivity contribution in [3.8, 4) is 22.3 Å². The fraction of sp³-hybridized carbons (Fsp3) is 0. The molecule has 0 radical (unpaired) electrons. The zero-order valence-corrected chi connectivity index (χ0v) is 21.5. The first kappa shape index (κ1) is 23.0. The van der Waals surface area contributed by atoms with Crippen LogP contribution in [-0.4, -0.2) is 0 Å². The summed E-state index contributed by atoms with van der Waals surface area (Å²) in [5.41, 5.74) is 13.3. The van der Waals surface area contributed by atoms with Gasteiger partial charge >= 0.3 is 0 Å². The minimum absolute atomic E-state index is 1.14. The molecule has 1 aliphatic heterocycles. The van der Waals surface area contributed by atoms with Gasteiger partial charge in [0.2, 0.25) is 0 Å². The van der Waals surface area contributed by atoms with Gasteiger partial charge in [0.05, 0.1) is 11.4 Å². The van der Waals surface area contributed by atoms with Crippen molar-refractivity contribution in [3.05, 3.63) is 174 Å². The number of hydrogen-bond acceptors (Lipinski definition) is 1. The van der Waals surface area contributed by atoms with Crippen LogP contribution in [0.3, 0.4) is 0 Å². The Labute approximate surface area is 230 Å². The van der Waals surface area contributed by atoms with E-state index in [9.17, 15) is 0 Å². The second-order valence-corrected chi connectivity index (χ2v) is 9.80. The number of fused-ring (bicyclic) bond motifs is 5. The molecule has 0 atom stereocenters. The quantitative estimate of drug-likeness (QED) is 0.219. The lowest BCUT2D eigenvalue weighted by molar-refractivity contribution is 1.29. The molecule has 0 unspecified atom stereocenters. The van der Waals surface area contributed by atoms with Crippen molar-refractivity contribution >= 4 is 28.7 Å². The average molecular weight is 498 g/mol. The lowest BCUT2D eigenvalue weighted by Gasteiger charge is -2.27. The summed E-state index contributed by atoms with van der Waals surface area (Å²) in [6, 6.07) is 56.3. The fourth-order valence-corrected chi connectivity index (χ4v) is 5.61. The number of benzene rings is 6. The zero-order valence-electron chi connectivity index (χ0n) is 21.5. The van der Waals surface area contributed by atoms with Crippen molar-refractivity contribution in [2.45, 2.75) is 0 Å². The third-order valence-electron chi connectivity index (χ3n) is 7.43. The van der Waals surface area contributed by atoms with E-state index in [0.717, 1.165) is 5.69 Å². The molecule has 0 saturated carbocycles. The van der Waals surface area contributed by atoms with Crippen molar-refractivity contribution in [2.24, 2.45) is 0 Å². The zero-order chi connectivity index (χ0) is 26.0. The number of anilines is 3. The second kappa shape index (κ2) is 9.96. The summed E-state index contributed by atoms with van der Waals surface area (Å²) in [5.74, 6) is 0. The molecule has 0 amide bonds. The fourth-order valence-electron chi connectivity index (χ4n) is 5.61. The molecular formula is C38H27N. The molecule has 39 heavy (non-hydrogen) atoms. The van der Waals surface area contributed by atoms with E-state index < -0.39 is 0 Å². The topological polar surface area (TPSA) is 3.24 Å². The van der Waals surface area contributed by atoms with E-state index in [4.69, 9.17) is 0 Å². The van der Waals surface area contributed by atoms with Gasteiger partial charge in [0.15, 0.2) is 0 Å². The van der Waals surface area contributed by atoms with E-state index in [1.165, 1.54) is 55.9 Å². The summed E-state index contributed by atoms with van der Waals surface area (Å²) in [5, 5.41) is 0. The summed E-state index contributed by atoms with van der Waals surface area (Å²) < 4.78 is 0. The summed E-state index contributed by atoms with van der Waals surface area (Å²) in [6.07, 6.45) is 2.29. The molecule has 0 fully saturated rings. The molecular weight excluding hydrogens is 470 g/mol. The van der Waals surface area contributed by atoms with E-state index >= 15 is 0 Å². The highest BCUT2D eigenvalue weighted by atomic mass is 15.1. The Morgan fingerprint density at radius 1 is 0.385 bits per heavy atom. The van der Waals surface area contributed by atoms with Crippen molar-refractivity contribution in [3.63, 3.8) is 0 Å². The number of hydrogen-bond donors (Lipinski definition) is 0. The number of nitrogens with zero attached hydrogens (tertiary/aromatic N) is 1. The monoisotopic (exact) mass is 497 g/mol.